The summed E-state index contributed by atoms with van der Waals surface area (Å²) in [6.45, 7) is 0.210. The third kappa shape index (κ3) is 3.01. The van der Waals surface area contributed by atoms with Crippen LogP contribution in [-0.4, -0.2) is 48.5 Å². The van der Waals surface area contributed by atoms with Gasteiger partial charge in [0.1, 0.15) is 24.4 Å². The number of anilines is 1. The predicted molar refractivity (Wildman–Crippen MR) is 90.7 cm³/mol. The van der Waals surface area contributed by atoms with E-state index >= 15 is 0 Å². The number of fused-ring (bicyclic) bond motifs is 1. The van der Waals surface area contributed by atoms with Gasteiger partial charge in [0.25, 0.3) is 0 Å². The van der Waals surface area contributed by atoms with Crippen LogP contribution in [0.1, 0.15) is 18.4 Å². The molecular weight excluding hydrogens is 394 g/mol. The predicted octanol–water partition coefficient (Wildman–Crippen LogP) is 1.43. The van der Waals surface area contributed by atoms with Gasteiger partial charge in [-0.15, -0.1) is 0 Å². The van der Waals surface area contributed by atoms with Gasteiger partial charge in [0.2, 0.25) is 0 Å². The van der Waals surface area contributed by atoms with Gasteiger partial charge in [-0.2, -0.15) is 0 Å². The molecule has 10 heteroatoms. The average Bonchev–Trinajstić information content (AvgIpc) is 3.31. The minimum Gasteiger partial charge on any atom is -0.466 e. The fraction of sp³-hybridized carbons (Fsp3) is 0.400. The molecule has 0 aromatic carbocycles. The molecule has 3 N–H and O–H groups in total. The Morgan fingerprint density at radius 3 is 2.96 bits per heavy atom. The first-order chi connectivity index (χ1) is 12.2. The number of hydrogen-bond donors (Lipinski definition) is 3. The van der Waals surface area contributed by atoms with Crippen LogP contribution in [0.5, 0.6) is 0 Å². The van der Waals surface area contributed by atoms with Gasteiger partial charge in [-0.1, -0.05) is 0 Å². The molecule has 25 heavy (non-hydrogen) atoms. The third-order valence-corrected chi connectivity index (χ3v) is 4.87. The van der Waals surface area contributed by atoms with E-state index in [1.165, 1.54) is 6.33 Å². The highest BCUT2D eigenvalue weighted by Gasteiger charge is 2.35. The highest BCUT2D eigenvalue weighted by molar-refractivity contribution is 9.10. The van der Waals surface area contributed by atoms with E-state index in [9.17, 15) is 10.2 Å². The standard InChI is InChI=1S/C15H16BrN5O4/c16-8-1-2-24-10(8)4-17-14-13-15(19-6-18-14)21(7-20-13)12-3-9(23)11(5-22)25-12/h1-2,6-7,9,11-12,22-23H,3-5H2,(H,17,18,19)/t9-,11+,12?/m0/s1. The lowest BCUT2D eigenvalue weighted by Crippen LogP contribution is -2.24. The highest BCUT2D eigenvalue weighted by Crippen LogP contribution is 2.31. The van der Waals surface area contributed by atoms with Gasteiger partial charge in [-0.25, -0.2) is 15.0 Å². The highest BCUT2D eigenvalue weighted by atomic mass is 79.9. The Morgan fingerprint density at radius 2 is 2.24 bits per heavy atom. The van der Waals surface area contributed by atoms with Crippen molar-refractivity contribution in [3.63, 3.8) is 0 Å². The number of nitrogens with one attached hydrogen (secondary N) is 1. The first kappa shape index (κ1) is 16.5. The fourth-order valence-corrected chi connectivity index (χ4v) is 3.20. The molecule has 4 heterocycles. The molecule has 3 atom stereocenters. The van der Waals surface area contributed by atoms with E-state index in [-0.39, 0.29) is 6.61 Å². The first-order valence-electron chi connectivity index (χ1n) is 7.75. The van der Waals surface area contributed by atoms with E-state index in [1.807, 2.05) is 6.07 Å². The van der Waals surface area contributed by atoms with Gasteiger partial charge in [0.05, 0.1) is 36.3 Å². The zero-order chi connectivity index (χ0) is 17.4. The van der Waals surface area contributed by atoms with Crippen molar-refractivity contribution in [3.8, 4) is 0 Å². The van der Waals surface area contributed by atoms with Crippen LogP contribution < -0.4 is 5.32 Å². The van der Waals surface area contributed by atoms with Gasteiger partial charge < -0.3 is 24.7 Å². The number of aromatic nitrogens is 4. The molecule has 0 radical (unpaired) electrons. The smallest absolute Gasteiger partial charge is 0.167 e. The number of nitrogens with zero attached hydrogens (tertiary/aromatic N) is 4. The maximum absolute atomic E-state index is 9.92. The average molecular weight is 410 g/mol. The Morgan fingerprint density at radius 1 is 1.36 bits per heavy atom. The van der Waals surface area contributed by atoms with E-state index in [4.69, 9.17) is 9.15 Å². The zero-order valence-corrected chi connectivity index (χ0v) is 14.6. The molecule has 0 saturated carbocycles. The number of ether oxygens (including phenoxy) is 1. The maximum atomic E-state index is 9.92. The molecule has 3 aromatic heterocycles. The van der Waals surface area contributed by atoms with Crippen LogP contribution in [0, 0.1) is 0 Å². The summed E-state index contributed by atoms with van der Waals surface area (Å²) in [5, 5.41) is 22.3. The largest absolute Gasteiger partial charge is 0.466 e. The lowest BCUT2D eigenvalue weighted by molar-refractivity contribution is -0.0432. The minimum absolute atomic E-state index is 0.232. The van der Waals surface area contributed by atoms with Crippen LogP contribution in [0.15, 0.2) is 33.9 Å². The molecule has 4 rings (SSSR count). The Labute approximate surface area is 150 Å². The summed E-state index contributed by atoms with van der Waals surface area (Å²) in [5.74, 6) is 1.32. The summed E-state index contributed by atoms with van der Waals surface area (Å²) in [7, 11) is 0. The first-order valence-corrected chi connectivity index (χ1v) is 8.54. The van der Waals surface area contributed by atoms with Crippen molar-refractivity contribution >= 4 is 32.9 Å². The van der Waals surface area contributed by atoms with E-state index in [2.05, 4.69) is 36.2 Å². The number of halogens is 1. The second-order valence-corrected chi connectivity index (χ2v) is 6.56. The molecule has 1 aliphatic rings. The molecule has 1 aliphatic heterocycles. The number of hydrogen-bond acceptors (Lipinski definition) is 8. The molecule has 1 saturated heterocycles. The lowest BCUT2D eigenvalue weighted by atomic mass is 10.2. The van der Waals surface area contributed by atoms with Crippen LogP contribution in [0.3, 0.4) is 0 Å². The Hall–Kier alpha value is -2.01. The van der Waals surface area contributed by atoms with Crippen molar-refractivity contribution in [1.82, 2.24) is 19.5 Å². The summed E-state index contributed by atoms with van der Waals surface area (Å²) < 4.78 is 13.7. The Kier molecular flexibility index (Phi) is 4.42. The lowest BCUT2D eigenvalue weighted by Gasteiger charge is -2.13. The second kappa shape index (κ2) is 6.71. The van der Waals surface area contributed by atoms with Gasteiger partial charge >= 0.3 is 0 Å². The van der Waals surface area contributed by atoms with E-state index in [0.717, 1.165) is 10.2 Å². The van der Waals surface area contributed by atoms with Gasteiger partial charge in [-0.05, 0) is 22.0 Å². The molecule has 1 unspecified atom stereocenters. The fourth-order valence-electron chi connectivity index (χ4n) is 2.86. The van der Waals surface area contributed by atoms with Crippen molar-refractivity contribution in [1.29, 1.82) is 0 Å². The maximum Gasteiger partial charge on any atom is 0.167 e. The van der Waals surface area contributed by atoms with Crippen LogP contribution in [0.2, 0.25) is 0 Å². The summed E-state index contributed by atoms with van der Waals surface area (Å²) in [4.78, 5) is 12.9. The van der Waals surface area contributed by atoms with Crippen molar-refractivity contribution in [3.05, 3.63) is 35.2 Å². The zero-order valence-electron chi connectivity index (χ0n) is 13.0. The summed E-state index contributed by atoms with van der Waals surface area (Å²) >= 11 is 3.41. The number of furan rings is 1. The van der Waals surface area contributed by atoms with E-state index in [1.54, 1.807) is 17.2 Å². The van der Waals surface area contributed by atoms with Crippen LogP contribution >= 0.6 is 15.9 Å². The monoisotopic (exact) mass is 409 g/mol. The normalized spacial score (nSPS) is 23.4. The minimum atomic E-state index is -0.719. The summed E-state index contributed by atoms with van der Waals surface area (Å²) in [6.07, 6.45) is 3.26. The third-order valence-electron chi connectivity index (χ3n) is 4.16. The van der Waals surface area contributed by atoms with Crippen LogP contribution in [0.4, 0.5) is 5.82 Å². The molecule has 0 spiro atoms. The SMILES string of the molecule is OC[C@H]1OC(n2cnc3c(NCc4occc4Br)ncnc32)C[C@@H]1O. The van der Waals surface area contributed by atoms with Crippen LogP contribution in [0.25, 0.3) is 11.2 Å². The van der Waals surface area contributed by atoms with Gasteiger partial charge in [0, 0.05) is 6.42 Å². The van der Waals surface area contributed by atoms with Crippen molar-refractivity contribution in [2.75, 3.05) is 11.9 Å². The number of aliphatic hydroxyl groups excluding tert-OH is 2. The summed E-state index contributed by atoms with van der Waals surface area (Å²) in [6, 6.07) is 1.82. The molecule has 1 fully saturated rings. The van der Waals surface area contributed by atoms with Crippen LogP contribution in [-0.2, 0) is 11.3 Å². The number of rotatable bonds is 5. The van der Waals surface area contributed by atoms with Crippen molar-refractivity contribution in [2.45, 2.75) is 31.4 Å². The Bertz CT molecular complexity index is 882. The van der Waals surface area contributed by atoms with Crippen molar-refractivity contribution < 1.29 is 19.4 Å². The van der Waals surface area contributed by atoms with Crippen molar-refractivity contribution in [2.24, 2.45) is 0 Å². The van der Waals surface area contributed by atoms with Gasteiger partial charge in [-0.3, -0.25) is 4.57 Å². The molecular formula is C15H16BrN5O4. The number of aliphatic hydroxyl groups is 2. The quantitative estimate of drug-likeness (QED) is 0.578. The molecule has 132 valence electrons. The molecule has 3 aromatic rings. The van der Waals surface area contributed by atoms with Gasteiger partial charge in [0.15, 0.2) is 17.0 Å². The molecule has 0 amide bonds. The molecule has 0 bridgehead atoms. The topological polar surface area (TPSA) is 118 Å². The summed E-state index contributed by atoms with van der Waals surface area (Å²) in [5.41, 5.74) is 1.18. The Balaban J connectivity index is 1.59. The molecule has 0 aliphatic carbocycles. The number of imidazole rings is 1. The second-order valence-electron chi connectivity index (χ2n) is 5.71. The molecule has 9 nitrogen and oxygen atoms in total. The van der Waals surface area contributed by atoms with E-state index < -0.39 is 18.4 Å². The van der Waals surface area contributed by atoms with E-state index in [0.29, 0.717) is 29.9 Å².